The maximum Gasteiger partial charge on any atom is 0.217 e. The van der Waals surface area contributed by atoms with Crippen LogP contribution in [0.15, 0.2) is 101 Å². The third-order valence-electron chi connectivity index (χ3n) is 7.24. The van der Waals surface area contributed by atoms with E-state index in [1.54, 1.807) is 23.1 Å². The second-order valence-electron chi connectivity index (χ2n) is 10.3. The van der Waals surface area contributed by atoms with Crippen molar-refractivity contribution in [2.75, 3.05) is 5.75 Å². The lowest BCUT2D eigenvalue weighted by Gasteiger charge is -2.36. The Balaban J connectivity index is 1.24. The normalized spacial score (nSPS) is 18.7. The molecule has 6 rings (SSSR count). The van der Waals surface area contributed by atoms with E-state index in [-0.39, 0.29) is 24.7 Å². The largest absolute Gasteiger partial charge is 0.392 e. The standard InChI is InChI=1S/C34H32N2O4S2/c1-22(38)35-19-24-6-4-7-26(16-24)27-8-5-9-28(17-27)33-39-29(18-31(40-33)25-14-12-23(20-37)13-15-25)21-41-34-36-30-10-2-3-11-32(30)42-34/h2-17,29,31,33,37H,18-21H2,1H3,(H,35,38)/t29-,31+,33+/m0/s1. The monoisotopic (exact) mass is 596 g/mol. The molecule has 5 aromatic rings. The summed E-state index contributed by atoms with van der Waals surface area (Å²) in [5, 5.41) is 12.4. The van der Waals surface area contributed by atoms with Crippen LogP contribution in [0.3, 0.4) is 0 Å². The summed E-state index contributed by atoms with van der Waals surface area (Å²) in [6, 6.07) is 32.6. The van der Waals surface area contributed by atoms with Gasteiger partial charge in [0.1, 0.15) is 0 Å². The predicted molar refractivity (Wildman–Crippen MR) is 168 cm³/mol. The van der Waals surface area contributed by atoms with Crippen LogP contribution in [0, 0.1) is 0 Å². The zero-order valence-electron chi connectivity index (χ0n) is 23.2. The van der Waals surface area contributed by atoms with E-state index in [0.29, 0.717) is 6.54 Å². The van der Waals surface area contributed by atoms with E-state index in [1.165, 1.54) is 11.6 Å². The molecule has 8 heteroatoms. The van der Waals surface area contributed by atoms with E-state index >= 15 is 0 Å². The number of aliphatic hydroxyl groups excluding tert-OH is 1. The molecule has 3 atom stereocenters. The Hall–Kier alpha value is -3.53. The molecule has 1 aromatic heterocycles. The van der Waals surface area contributed by atoms with Gasteiger partial charge in [-0.1, -0.05) is 84.6 Å². The number of nitrogens with one attached hydrogen (secondary N) is 1. The number of thiazole rings is 1. The summed E-state index contributed by atoms with van der Waals surface area (Å²) in [5.74, 6) is 0.709. The lowest BCUT2D eigenvalue weighted by Crippen LogP contribution is -2.31. The highest BCUT2D eigenvalue weighted by molar-refractivity contribution is 8.01. The number of aliphatic hydroxyl groups is 1. The van der Waals surface area contributed by atoms with Crippen LogP contribution in [0.25, 0.3) is 21.3 Å². The molecule has 1 fully saturated rings. The summed E-state index contributed by atoms with van der Waals surface area (Å²) in [6.07, 6.45) is -0.0163. The Labute approximate surface area is 253 Å². The Kier molecular flexibility index (Phi) is 8.98. The first-order chi connectivity index (χ1) is 20.5. The summed E-state index contributed by atoms with van der Waals surface area (Å²) in [7, 11) is 0. The zero-order chi connectivity index (χ0) is 28.9. The molecule has 42 heavy (non-hydrogen) atoms. The van der Waals surface area contributed by atoms with Crippen LogP contribution in [-0.4, -0.2) is 27.9 Å². The minimum absolute atomic E-state index is 0.0117. The van der Waals surface area contributed by atoms with E-state index in [1.807, 2.05) is 66.7 Å². The molecule has 4 aromatic carbocycles. The van der Waals surface area contributed by atoms with Gasteiger partial charge in [0.25, 0.3) is 0 Å². The van der Waals surface area contributed by atoms with E-state index in [4.69, 9.17) is 14.5 Å². The number of aromatic nitrogens is 1. The number of nitrogens with zero attached hydrogens (tertiary/aromatic N) is 1. The van der Waals surface area contributed by atoms with Gasteiger partial charge >= 0.3 is 0 Å². The zero-order valence-corrected chi connectivity index (χ0v) is 24.9. The van der Waals surface area contributed by atoms with Gasteiger partial charge < -0.3 is 19.9 Å². The number of hydrogen-bond acceptors (Lipinski definition) is 7. The molecule has 2 heterocycles. The lowest BCUT2D eigenvalue weighted by molar-refractivity contribution is -0.245. The predicted octanol–water partition coefficient (Wildman–Crippen LogP) is 7.43. The SMILES string of the molecule is CC(=O)NCc1cccc(-c2cccc([C@@H]3O[C@H](CSc4nc5ccccc5s4)C[C@H](c4ccc(CO)cc4)O3)c2)c1. The van der Waals surface area contributed by atoms with E-state index in [0.717, 1.165) is 55.4 Å². The van der Waals surface area contributed by atoms with Gasteiger partial charge in [0.05, 0.1) is 29.0 Å². The van der Waals surface area contributed by atoms with Crippen LogP contribution in [0.4, 0.5) is 0 Å². The molecule has 0 aliphatic carbocycles. The molecule has 0 unspecified atom stereocenters. The summed E-state index contributed by atoms with van der Waals surface area (Å²) in [4.78, 5) is 16.2. The number of carbonyl (C=O) groups excluding carboxylic acids is 1. The minimum Gasteiger partial charge on any atom is -0.392 e. The van der Waals surface area contributed by atoms with Crippen molar-refractivity contribution < 1.29 is 19.4 Å². The molecular formula is C34H32N2O4S2. The molecule has 2 N–H and O–H groups in total. The van der Waals surface area contributed by atoms with Crippen molar-refractivity contribution in [2.45, 2.75) is 49.3 Å². The van der Waals surface area contributed by atoms with Gasteiger partial charge in [0, 0.05) is 31.2 Å². The van der Waals surface area contributed by atoms with Crippen LogP contribution < -0.4 is 5.32 Å². The maximum atomic E-state index is 11.4. The topological polar surface area (TPSA) is 80.7 Å². The Morgan fingerprint density at radius 3 is 2.50 bits per heavy atom. The first-order valence-electron chi connectivity index (χ1n) is 14.0. The van der Waals surface area contributed by atoms with Crippen molar-refractivity contribution in [3.63, 3.8) is 0 Å². The molecule has 1 aliphatic rings. The van der Waals surface area contributed by atoms with E-state index in [9.17, 15) is 9.90 Å². The van der Waals surface area contributed by atoms with Crippen LogP contribution in [0.1, 0.15) is 48.0 Å². The molecule has 1 amide bonds. The smallest absolute Gasteiger partial charge is 0.217 e. The lowest BCUT2D eigenvalue weighted by atomic mass is 9.99. The minimum atomic E-state index is -0.537. The van der Waals surface area contributed by atoms with Crippen molar-refractivity contribution in [1.82, 2.24) is 10.3 Å². The van der Waals surface area contributed by atoms with Crippen molar-refractivity contribution in [3.05, 3.63) is 119 Å². The summed E-state index contributed by atoms with van der Waals surface area (Å²) in [5.41, 5.74) is 7.07. The van der Waals surface area contributed by atoms with Crippen LogP contribution in [0.5, 0.6) is 0 Å². The number of fused-ring (bicyclic) bond motifs is 1. The Morgan fingerprint density at radius 1 is 0.929 bits per heavy atom. The van der Waals surface area contributed by atoms with Gasteiger partial charge in [-0.15, -0.1) is 11.3 Å². The highest BCUT2D eigenvalue weighted by Crippen LogP contribution is 2.41. The quantitative estimate of drug-likeness (QED) is 0.172. The van der Waals surface area contributed by atoms with Gasteiger partial charge in [-0.25, -0.2) is 4.98 Å². The fraction of sp³-hybridized carbons (Fsp3) is 0.235. The molecule has 214 valence electrons. The van der Waals surface area contributed by atoms with E-state index < -0.39 is 6.29 Å². The van der Waals surface area contributed by atoms with Crippen LogP contribution >= 0.6 is 23.1 Å². The van der Waals surface area contributed by atoms with Gasteiger partial charge in [-0.3, -0.25) is 4.79 Å². The van der Waals surface area contributed by atoms with Crippen molar-refractivity contribution in [3.8, 4) is 11.1 Å². The molecule has 1 saturated heterocycles. The molecule has 0 bridgehead atoms. The summed E-state index contributed by atoms with van der Waals surface area (Å²) >= 11 is 3.43. The van der Waals surface area contributed by atoms with E-state index in [2.05, 4.69) is 35.6 Å². The third kappa shape index (κ3) is 6.91. The summed E-state index contributed by atoms with van der Waals surface area (Å²) < 4.78 is 15.4. The molecule has 1 aliphatic heterocycles. The third-order valence-corrected chi connectivity index (χ3v) is 9.55. The number of carbonyl (C=O) groups is 1. The number of thioether (sulfide) groups is 1. The molecule has 6 nitrogen and oxygen atoms in total. The number of benzene rings is 4. The van der Waals surface area contributed by atoms with Crippen LogP contribution in [-0.2, 0) is 27.4 Å². The second kappa shape index (κ2) is 13.2. The Morgan fingerprint density at radius 2 is 1.71 bits per heavy atom. The molecular weight excluding hydrogens is 565 g/mol. The van der Waals surface area contributed by atoms with Crippen molar-refractivity contribution in [1.29, 1.82) is 0 Å². The van der Waals surface area contributed by atoms with Crippen molar-refractivity contribution in [2.24, 2.45) is 0 Å². The molecule has 0 radical (unpaired) electrons. The van der Waals surface area contributed by atoms with Gasteiger partial charge in [0.15, 0.2) is 10.6 Å². The summed E-state index contributed by atoms with van der Waals surface area (Å²) in [6.45, 7) is 2.02. The molecule has 0 saturated carbocycles. The van der Waals surface area contributed by atoms with Crippen LogP contribution in [0.2, 0.25) is 0 Å². The van der Waals surface area contributed by atoms with Gasteiger partial charge in [-0.05, 0) is 52.1 Å². The fourth-order valence-corrected chi connectivity index (χ4v) is 7.16. The maximum absolute atomic E-state index is 11.4. The highest BCUT2D eigenvalue weighted by atomic mass is 32.2. The highest BCUT2D eigenvalue weighted by Gasteiger charge is 2.32. The second-order valence-corrected chi connectivity index (χ2v) is 12.6. The molecule has 0 spiro atoms. The number of rotatable bonds is 9. The number of ether oxygens (including phenoxy) is 2. The number of hydrogen-bond donors (Lipinski definition) is 2. The average Bonchev–Trinajstić information content (AvgIpc) is 3.46. The fourth-order valence-electron chi connectivity index (χ4n) is 5.05. The van der Waals surface area contributed by atoms with Gasteiger partial charge in [0.2, 0.25) is 5.91 Å². The Bertz CT molecular complexity index is 1640. The number of para-hydroxylation sites is 1. The first kappa shape index (κ1) is 28.6. The van der Waals surface area contributed by atoms with Gasteiger partial charge in [-0.2, -0.15) is 0 Å². The number of amides is 1. The average molecular weight is 597 g/mol. The first-order valence-corrected chi connectivity index (χ1v) is 15.8. The van der Waals surface area contributed by atoms with Crippen molar-refractivity contribution >= 4 is 39.2 Å².